The lowest BCUT2D eigenvalue weighted by Crippen LogP contribution is -1.85. The summed E-state index contributed by atoms with van der Waals surface area (Å²) in [5.41, 5.74) is 8.45. The summed E-state index contributed by atoms with van der Waals surface area (Å²) in [4.78, 5) is 10.9. The molecule has 0 spiro atoms. The average Bonchev–Trinajstić information content (AvgIpc) is 2.83. The van der Waals surface area contributed by atoms with Crippen LogP contribution in [0.1, 0.15) is 0 Å². The largest absolute Gasteiger partial charge is 0.443 e. The number of hydrogen-bond acceptors (Lipinski definition) is 4. The Balaban J connectivity index is 2.21. The highest BCUT2D eigenvalue weighted by molar-refractivity contribution is 6.32. The van der Waals surface area contributed by atoms with Gasteiger partial charge < -0.3 is 15.1 Å². The van der Waals surface area contributed by atoms with Crippen molar-refractivity contribution in [1.29, 1.82) is 0 Å². The van der Waals surface area contributed by atoms with Gasteiger partial charge in [-0.05, 0) is 12.1 Å². The highest BCUT2D eigenvalue weighted by atomic mass is 35.5. The lowest BCUT2D eigenvalue weighted by molar-refractivity contribution is 0.602. The van der Waals surface area contributed by atoms with E-state index in [0.717, 1.165) is 11.1 Å². The molecule has 5 nitrogen and oxygen atoms in total. The summed E-state index contributed by atoms with van der Waals surface area (Å²) < 4.78 is 5.20. The molecule has 0 bridgehead atoms. The Labute approximate surface area is 95.3 Å². The maximum atomic E-state index is 5.96. The van der Waals surface area contributed by atoms with E-state index >= 15 is 0 Å². The number of nitrogens with zero attached hydrogens (tertiary/aromatic N) is 2. The number of aromatic amines is 1. The first-order valence-electron chi connectivity index (χ1n) is 4.58. The Bertz CT molecular complexity index is 658. The van der Waals surface area contributed by atoms with Crippen molar-refractivity contribution in [2.75, 3.05) is 5.73 Å². The van der Waals surface area contributed by atoms with E-state index in [0.29, 0.717) is 16.4 Å². The van der Waals surface area contributed by atoms with E-state index in [4.69, 9.17) is 21.8 Å². The molecular weight excluding hydrogens is 228 g/mol. The normalized spacial score (nSPS) is 11.1. The van der Waals surface area contributed by atoms with E-state index in [1.807, 2.05) is 18.2 Å². The average molecular weight is 235 g/mol. The number of rotatable bonds is 1. The topological polar surface area (TPSA) is 80.7 Å². The van der Waals surface area contributed by atoms with Gasteiger partial charge in [-0.15, -0.1) is 0 Å². The minimum atomic E-state index is 0.290. The molecular formula is C10H7ClN4O. The number of nitrogens with one attached hydrogen (secondary N) is 1. The number of halogens is 1. The molecule has 0 amide bonds. The van der Waals surface area contributed by atoms with Crippen LogP contribution in [0, 0.1) is 0 Å². The molecule has 6 heteroatoms. The van der Waals surface area contributed by atoms with Crippen molar-refractivity contribution in [1.82, 2.24) is 15.0 Å². The molecule has 16 heavy (non-hydrogen) atoms. The number of fused-ring (bicyclic) bond motifs is 1. The van der Waals surface area contributed by atoms with Crippen LogP contribution in [0.5, 0.6) is 0 Å². The van der Waals surface area contributed by atoms with Gasteiger partial charge in [0.2, 0.25) is 0 Å². The molecule has 80 valence electrons. The highest BCUT2D eigenvalue weighted by Crippen LogP contribution is 2.28. The standard InChI is InChI=1S/C10H7ClN4O/c11-9-8(14-10(12)15-9)5-1-2-6-7(3-5)16-4-13-6/h1-4H,(H3,12,14,15). The molecule has 0 radical (unpaired) electrons. The minimum absolute atomic E-state index is 0.290. The van der Waals surface area contributed by atoms with Crippen LogP contribution in [0.25, 0.3) is 22.4 Å². The fourth-order valence-electron chi connectivity index (χ4n) is 1.56. The number of hydrogen-bond donors (Lipinski definition) is 2. The van der Waals surface area contributed by atoms with Gasteiger partial charge in [0.25, 0.3) is 0 Å². The second-order valence-electron chi connectivity index (χ2n) is 3.32. The summed E-state index contributed by atoms with van der Waals surface area (Å²) in [6.07, 6.45) is 1.40. The summed E-state index contributed by atoms with van der Waals surface area (Å²) >= 11 is 5.96. The monoisotopic (exact) mass is 234 g/mol. The molecule has 0 fully saturated rings. The lowest BCUT2D eigenvalue weighted by Gasteiger charge is -1.96. The molecule has 2 aromatic heterocycles. The van der Waals surface area contributed by atoms with Crippen molar-refractivity contribution in [2.24, 2.45) is 0 Å². The van der Waals surface area contributed by atoms with E-state index in [1.54, 1.807) is 0 Å². The molecule has 1 aromatic carbocycles. The van der Waals surface area contributed by atoms with E-state index in [1.165, 1.54) is 6.39 Å². The Kier molecular flexibility index (Phi) is 1.87. The van der Waals surface area contributed by atoms with Gasteiger partial charge in [-0.3, -0.25) is 0 Å². The van der Waals surface area contributed by atoms with Gasteiger partial charge in [0.05, 0.1) is 0 Å². The number of nitrogens with two attached hydrogens (primary N) is 1. The Hall–Kier alpha value is -2.01. The van der Waals surface area contributed by atoms with Crippen molar-refractivity contribution in [3.63, 3.8) is 0 Å². The molecule has 3 N–H and O–H groups in total. The summed E-state index contributed by atoms with van der Waals surface area (Å²) in [6.45, 7) is 0. The fraction of sp³-hybridized carbons (Fsp3) is 0. The van der Waals surface area contributed by atoms with Gasteiger partial charge >= 0.3 is 0 Å². The lowest BCUT2D eigenvalue weighted by atomic mass is 10.1. The molecule has 0 atom stereocenters. The van der Waals surface area contributed by atoms with Crippen LogP contribution in [0.4, 0.5) is 5.95 Å². The van der Waals surface area contributed by atoms with Gasteiger partial charge in [0.1, 0.15) is 16.4 Å². The maximum Gasteiger partial charge on any atom is 0.199 e. The van der Waals surface area contributed by atoms with Gasteiger partial charge in [-0.1, -0.05) is 17.7 Å². The van der Waals surface area contributed by atoms with Crippen molar-refractivity contribution in [3.8, 4) is 11.3 Å². The number of imidazole rings is 1. The van der Waals surface area contributed by atoms with Gasteiger partial charge in [0, 0.05) is 5.56 Å². The van der Waals surface area contributed by atoms with Crippen LogP contribution in [0.3, 0.4) is 0 Å². The highest BCUT2D eigenvalue weighted by Gasteiger charge is 2.10. The Morgan fingerprint density at radius 3 is 3.00 bits per heavy atom. The van der Waals surface area contributed by atoms with E-state index in [-0.39, 0.29) is 5.95 Å². The van der Waals surface area contributed by atoms with Crippen molar-refractivity contribution in [3.05, 3.63) is 29.7 Å². The van der Waals surface area contributed by atoms with Crippen LogP contribution < -0.4 is 5.73 Å². The van der Waals surface area contributed by atoms with Crippen LogP contribution in [0.2, 0.25) is 5.15 Å². The van der Waals surface area contributed by atoms with Crippen LogP contribution in [-0.4, -0.2) is 15.0 Å². The van der Waals surface area contributed by atoms with Crippen LogP contribution in [-0.2, 0) is 0 Å². The van der Waals surface area contributed by atoms with E-state index < -0.39 is 0 Å². The molecule has 0 saturated heterocycles. The summed E-state index contributed by atoms with van der Waals surface area (Å²) in [6, 6.07) is 5.53. The van der Waals surface area contributed by atoms with Crippen LogP contribution >= 0.6 is 11.6 Å². The first-order valence-corrected chi connectivity index (χ1v) is 4.96. The third-order valence-electron chi connectivity index (χ3n) is 2.28. The fourth-order valence-corrected chi connectivity index (χ4v) is 1.81. The third-order valence-corrected chi connectivity index (χ3v) is 2.56. The molecule has 0 saturated carbocycles. The summed E-state index contributed by atoms with van der Waals surface area (Å²) in [5, 5.41) is 0.413. The zero-order chi connectivity index (χ0) is 11.1. The zero-order valence-electron chi connectivity index (χ0n) is 8.07. The van der Waals surface area contributed by atoms with Gasteiger partial charge in [-0.25, -0.2) is 9.97 Å². The molecule has 0 aliphatic heterocycles. The maximum absolute atomic E-state index is 5.96. The second kappa shape index (κ2) is 3.24. The minimum Gasteiger partial charge on any atom is -0.443 e. The predicted molar refractivity (Wildman–Crippen MR) is 61.0 cm³/mol. The van der Waals surface area contributed by atoms with E-state index in [9.17, 15) is 0 Å². The Morgan fingerprint density at radius 2 is 2.25 bits per heavy atom. The Morgan fingerprint density at radius 1 is 1.38 bits per heavy atom. The zero-order valence-corrected chi connectivity index (χ0v) is 8.82. The predicted octanol–water partition coefficient (Wildman–Crippen LogP) is 2.45. The first-order chi connectivity index (χ1) is 7.74. The molecule has 3 rings (SSSR count). The number of aromatic nitrogens is 3. The van der Waals surface area contributed by atoms with Crippen molar-refractivity contribution in [2.45, 2.75) is 0 Å². The summed E-state index contributed by atoms with van der Waals surface area (Å²) in [5.74, 6) is 0.290. The smallest absolute Gasteiger partial charge is 0.199 e. The van der Waals surface area contributed by atoms with Gasteiger partial charge in [-0.2, -0.15) is 0 Å². The second-order valence-corrected chi connectivity index (χ2v) is 3.70. The number of H-pyrrole nitrogens is 1. The third kappa shape index (κ3) is 1.33. The molecule has 2 heterocycles. The molecule has 0 unspecified atom stereocenters. The van der Waals surface area contributed by atoms with Gasteiger partial charge in [0.15, 0.2) is 17.9 Å². The number of benzene rings is 1. The van der Waals surface area contributed by atoms with Crippen molar-refractivity contribution >= 4 is 28.6 Å². The first kappa shape index (κ1) is 9.23. The quantitative estimate of drug-likeness (QED) is 0.678. The SMILES string of the molecule is Nc1nc(-c2ccc3ncoc3c2)c(Cl)[nH]1. The molecule has 3 aromatic rings. The van der Waals surface area contributed by atoms with Crippen molar-refractivity contribution < 1.29 is 4.42 Å². The van der Waals surface area contributed by atoms with E-state index in [2.05, 4.69) is 15.0 Å². The summed E-state index contributed by atoms with van der Waals surface area (Å²) in [7, 11) is 0. The number of nitrogen functional groups attached to an aromatic ring is 1. The molecule has 0 aliphatic carbocycles. The number of oxazole rings is 1. The van der Waals surface area contributed by atoms with Crippen LogP contribution in [0.15, 0.2) is 29.0 Å². The molecule has 0 aliphatic rings. The number of anilines is 1.